The molecular weight excluding hydrogens is 212 g/mol. The number of hydrogen-bond donors (Lipinski definition) is 2. The van der Waals surface area contributed by atoms with Crippen molar-refractivity contribution in [3.63, 3.8) is 0 Å². The van der Waals surface area contributed by atoms with E-state index < -0.39 is 0 Å². The van der Waals surface area contributed by atoms with Crippen molar-refractivity contribution in [3.8, 4) is 0 Å². The third-order valence-corrected chi connectivity index (χ3v) is 3.88. The second-order valence-electron chi connectivity index (χ2n) is 5.16. The Bertz CT molecular complexity index is 409. The molecule has 0 radical (unpaired) electrons. The number of anilines is 1. The van der Waals surface area contributed by atoms with E-state index in [1.165, 1.54) is 0 Å². The van der Waals surface area contributed by atoms with E-state index in [0.29, 0.717) is 5.91 Å². The van der Waals surface area contributed by atoms with Crippen LogP contribution < -0.4 is 10.6 Å². The van der Waals surface area contributed by atoms with Gasteiger partial charge in [-0.05, 0) is 37.3 Å². The molecule has 0 spiro atoms. The first-order valence-corrected chi connectivity index (χ1v) is 6.38. The van der Waals surface area contributed by atoms with Gasteiger partial charge in [-0.25, -0.2) is 0 Å². The lowest BCUT2D eigenvalue weighted by molar-refractivity contribution is -0.124. The molecule has 1 aromatic carbocycles. The second kappa shape index (κ2) is 4.06. The van der Waals surface area contributed by atoms with E-state index in [4.69, 9.17) is 0 Å². The molecule has 3 nitrogen and oxygen atoms in total. The molecule has 2 aliphatic rings. The van der Waals surface area contributed by atoms with Crippen molar-refractivity contribution in [3.05, 3.63) is 30.3 Å². The predicted molar refractivity (Wildman–Crippen MR) is 67.7 cm³/mol. The van der Waals surface area contributed by atoms with Gasteiger partial charge < -0.3 is 10.6 Å². The minimum absolute atomic E-state index is 0.118. The van der Waals surface area contributed by atoms with Gasteiger partial charge in [0.2, 0.25) is 5.91 Å². The highest BCUT2D eigenvalue weighted by atomic mass is 16.2. The van der Waals surface area contributed by atoms with Crippen molar-refractivity contribution in [2.45, 2.75) is 19.3 Å². The minimum Gasteiger partial charge on any atom is -0.385 e. The molecule has 1 amide bonds. The van der Waals surface area contributed by atoms with Crippen LogP contribution in [-0.2, 0) is 4.79 Å². The van der Waals surface area contributed by atoms with Crippen LogP contribution in [0, 0.1) is 11.3 Å². The van der Waals surface area contributed by atoms with E-state index in [-0.39, 0.29) is 5.41 Å². The summed E-state index contributed by atoms with van der Waals surface area (Å²) in [4.78, 5) is 11.7. The summed E-state index contributed by atoms with van der Waals surface area (Å²) in [6, 6.07) is 10.1. The molecule has 2 N–H and O–H groups in total. The molecule has 3 rings (SSSR count). The lowest BCUT2D eigenvalue weighted by atomic mass is 10.2. The van der Waals surface area contributed by atoms with E-state index in [1.54, 1.807) is 0 Å². The van der Waals surface area contributed by atoms with Crippen LogP contribution in [0.1, 0.15) is 19.3 Å². The number of para-hydroxylation sites is 1. The number of benzene rings is 1. The zero-order valence-electron chi connectivity index (χ0n) is 9.91. The Hall–Kier alpha value is -1.51. The second-order valence-corrected chi connectivity index (χ2v) is 5.16. The van der Waals surface area contributed by atoms with Crippen LogP contribution in [0.25, 0.3) is 0 Å². The molecule has 1 aromatic rings. The van der Waals surface area contributed by atoms with Gasteiger partial charge >= 0.3 is 0 Å². The summed E-state index contributed by atoms with van der Waals surface area (Å²) in [7, 11) is 0. The van der Waals surface area contributed by atoms with E-state index in [2.05, 4.69) is 22.8 Å². The molecule has 2 saturated carbocycles. The van der Waals surface area contributed by atoms with Crippen molar-refractivity contribution in [1.82, 2.24) is 5.32 Å². The molecule has 2 fully saturated rings. The predicted octanol–water partition coefficient (Wildman–Crippen LogP) is 2.01. The third kappa shape index (κ3) is 2.14. The van der Waals surface area contributed by atoms with Gasteiger partial charge in [-0.2, -0.15) is 0 Å². The molecule has 0 atom stereocenters. The van der Waals surface area contributed by atoms with Crippen LogP contribution in [0.5, 0.6) is 0 Å². The summed E-state index contributed by atoms with van der Waals surface area (Å²) in [5, 5.41) is 6.37. The van der Waals surface area contributed by atoms with Gasteiger partial charge in [0.1, 0.15) is 0 Å². The maximum Gasteiger partial charge on any atom is 0.226 e. The third-order valence-electron chi connectivity index (χ3n) is 3.88. The molecule has 2 aliphatic carbocycles. The number of carbonyl (C=O) groups is 1. The molecule has 3 heteroatoms. The van der Waals surface area contributed by atoms with Gasteiger partial charge in [0.25, 0.3) is 0 Å². The number of nitrogens with one attached hydrogen (secondary N) is 2. The quantitative estimate of drug-likeness (QED) is 0.734. The van der Waals surface area contributed by atoms with Gasteiger partial charge in [-0.1, -0.05) is 18.2 Å². The minimum atomic E-state index is 0.118. The van der Waals surface area contributed by atoms with Crippen molar-refractivity contribution in [2.24, 2.45) is 11.3 Å². The summed E-state index contributed by atoms with van der Waals surface area (Å²) in [6.07, 6.45) is 3.25. The molecule has 17 heavy (non-hydrogen) atoms. The normalized spacial score (nSPS) is 28.1. The van der Waals surface area contributed by atoms with Gasteiger partial charge in [-0.3, -0.25) is 4.79 Å². The summed E-state index contributed by atoms with van der Waals surface area (Å²) in [5.74, 6) is 1.03. The Morgan fingerprint density at radius 1 is 1.24 bits per heavy atom. The van der Waals surface area contributed by atoms with Gasteiger partial charge in [0.05, 0.1) is 5.41 Å². The summed E-state index contributed by atoms with van der Waals surface area (Å²) >= 11 is 0. The number of fused-ring (bicyclic) bond motifs is 1. The molecule has 0 aliphatic heterocycles. The van der Waals surface area contributed by atoms with Crippen LogP contribution in [0.15, 0.2) is 30.3 Å². The topological polar surface area (TPSA) is 41.1 Å². The SMILES string of the molecule is O=C(NCCCNc1ccccc1)C12CC1C2. The van der Waals surface area contributed by atoms with Gasteiger partial charge in [0.15, 0.2) is 0 Å². The van der Waals surface area contributed by atoms with Crippen LogP contribution in [-0.4, -0.2) is 19.0 Å². The van der Waals surface area contributed by atoms with Crippen LogP contribution in [0.3, 0.4) is 0 Å². The Morgan fingerprint density at radius 3 is 2.59 bits per heavy atom. The molecule has 0 saturated heterocycles. The first-order valence-electron chi connectivity index (χ1n) is 6.38. The Balaban J connectivity index is 1.29. The molecule has 0 heterocycles. The van der Waals surface area contributed by atoms with Gasteiger partial charge in [-0.15, -0.1) is 0 Å². The Labute approximate surface area is 102 Å². The molecular formula is C14H18N2O. The maximum absolute atomic E-state index is 11.7. The van der Waals surface area contributed by atoms with Crippen LogP contribution in [0.4, 0.5) is 5.69 Å². The maximum atomic E-state index is 11.7. The van der Waals surface area contributed by atoms with Crippen LogP contribution in [0.2, 0.25) is 0 Å². The largest absolute Gasteiger partial charge is 0.385 e. The fraction of sp³-hybridized carbons (Fsp3) is 0.500. The standard InChI is InChI=1S/C14H18N2O/c17-13(14-9-11(14)10-14)16-8-4-7-15-12-5-2-1-3-6-12/h1-3,5-6,11,15H,4,7-10H2,(H,16,17). The Morgan fingerprint density at radius 2 is 1.94 bits per heavy atom. The number of carbonyl (C=O) groups excluding carboxylic acids is 1. The molecule has 0 unspecified atom stereocenters. The zero-order chi connectivity index (χ0) is 11.7. The number of amides is 1. The lowest BCUT2D eigenvalue weighted by Gasteiger charge is -2.08. The van der Waals surface area contributed by atoms with Crippen molar-refractivity contribution < 1.29 is 4.79 Å². The van der Waals surface area contributed by atoms with E-state index in [1.807, 2.05) is 18.2 Å². The van der Waals surface area contributed by atoms with E-state index in [0.717, 1.165) is 44.0 Å². The van der Waals surface area contributed by atoms with E-state index in [9.17, 15) is 4.79 Å². The zero-order valence-corrected chi connectivity index (χ0v) is 9.91. The number of rotatable bonds is 6. The van der Waals surface area contributed by atoms with Crippen molar-refractivity contribution in [1.29, 1.82) is 0 Å². The summed E-state index contributed by atoms with van der Waals surface area (Å²) in [6.45, 7) is 1.69. The molecule has 0 bridgehead atoms. The highest BCUT2D eigenvalue weighted by Crippen LogP contribution is 2.75. The molecule has 0 aromatic heterocycles. The fourth-order valence-corrected chi connectivity index (χ4v) is 2.33. The average molecular weight is 230 g/mol. The fourth-order valence-electron chi connectivity index (χ4n) is 2.33. The highest BCUT2D eigenvalue weighted by Gasteiger charge is 2.74. The summed E-state index contributed by atoms with van der Waals surface area (Å²) in [5.41, 5.74) is 1.26. The smallest absolute Gasteiger partial charge is 0.226 e. The monoisotopic (exact) mass is 230 g/mol. The van der Waals surface area contributed by atoms with E-state index >= 15 is 0 Å². The van der Waals surface area contributed by atoms with Crippen molar-refractivity contribution in [2.75, 3.05) is 18.4 Å². The lowest BCUT2D eigenvalue weighted by Crippen LogP contribution is -2.29. The molecule has 90 valence electrons. The number of hydrogen-bond acceptors (Lipinski definition) is 2. The first-order chi connectivity index (χ1) is 8.31. The Kier molecular flexibility index (Phi) is 2.54. The summed E-state index contributed by atoms with van der Waals surface area (Å²) < 4.78 is 0. The average Bonchev–Trinajstić information content (AvgIpc) is 3.18. The van der Waals surface area contributed by atoms with Gasteiger partial charge in [0, 0.05) is 18.8 Å². The highest BCUT2D eigenvalue weighted by molar-refractivity contribution is 5.89. The first kappa shape index (κ1) is 10.6. The van der Waals surface area contributed by atoms with Crippen LogP contribution >= 0.6 is 0 Å². The van der Waals surface area contributed by atoms with Crippen molar-refractivity contribution >= 4 is 11.6 Å².